The number of esters is 1. The SMILES string of the molecule is CCOC(=O)CC1COc2ccc(C)nc2N1.Cl. The summed E-state index contributed by atoms with van der Waals surface area (Å²) in [7, 11) is 0. The Morgan fingerprint density at radius 3 is 3.11 bits per heavy atom. The zero-order chi connectivity index (χ0) is 12.3. The summed E-state index contributed by atoms with van der Waals surface area (Å²) >= 11 is 0. The fourth-order valence-electron chi connectivity index (χ4n) is 1.72. The van der Waals surface area contributed by atoms with Crippen molar-refractivity contribution in [1.82, 2.24) is 4.98 Å². The molecule has 6 heteroatoms. The third-order valence-electron chi connectivity index (χ3n) is 2.50. The number of aryl methyl sites for hydroxylation is 1. The normalized spacial score (nSPS) is 16.7. The molecule has 0 bridgehead atoms. The van der Waals surface area contributed by atoms with Gasteiger partial charge in [-0.05, 0) is 26.0 Å². The first-order valence-electron chi connectivity index (χ1n) is 5.71. The molecule has 5 nitrogen and oxygen atoms in total. The Balaban J connectivity index is 0.00000162. The topological polar surface area (TPSA) is 60.5 Å². The lowest BCUT2D eigenvalue weighted by molar-refractivity contribution is -0.143. The molecular formula is C12H17ClN2O3. The van der Waals surface area contributed by atoms with Crippen molar-refractivity contribution in [1.29, 1.82) is 0 Å². The minimum atomic E-state index is -0.218. The molecule has 0 fully saturated rings. The largest absolute Gasteiger partial charge is 0.488 e. The number of carbonyl (C=O) groups excluding carboxylic acids is 1. The van der Waals surface area contributed by atoms with E-state index < -0.39 is 0 Å². The summed E-state index contributed by atoms with van der Waals surface area (Å²) in [6.45, 7) is 4.57. The Kier molecular flexibility index (Phi) is 5.22. The van der Waals surface area contributed by atoms with Crippen LogP contribution in [0.4, 0.5) is 5.82 Å². The van der Waals surface area contributed by atoms with Gasteiger partial charge in [0.25, 0.3) is 0 Å². The lowest BCUT2D eigenvalue weighted by Crippen LogP contribution is -2.34. The minimum absolute atomic E-state index is 0. The van der Waals surface area contributed by atoms with Gasteiger partial charge in [-0.15, -0.1) is 12.4 Å². The number of halogens is 1. The summed E-state index contributed by atoms with van der Waals surface area (Å²) in [6.07, 6.45) is 0.295. The van der Waals surface area contributed by atoms with Gasteiger partial charge in [0.05, 0.1) is 19.1 Å². The van der Waals surface area contributed by atoms with Crippen molar-refractivity contribution in [3.8, 4) is 5.75 Å². The molecule has 1 unspecified atom stereocenters. The average molecular weight is 273 g/mol. The van der Waals surface area contributed by atoms with E-state index in [0.717, 1.165) is 11.4 Å². The van der Waals surface area contributed by atoms with E-state index in [0.29, 0.717) is 25.5 Å². The Morgan fingerprint density at radius 1 is 1.61 bits per heavy atom. The van der Waals surface area contributed by atoms with Gasteiger partial charge in [-0.2, -0.15) is 0 Å². The lowest BCUT2D eigenvalue weighted by Gasteiger charge is -2.26. The number of ether oxygens (including phenoxy) is 2. The van der Waals surface area contributed by atoms with Gasteiger partial charge >= 0.3 is 5.97 Å². The highest BCUT2D eigenvalue weighted by Crippen LogP contribution is 2.27. The molecule has 2 rings (SSSR count). The predicted octanol–water partition coefficient (Wildman–Crippen LogP) is 1.94. The molecule has 1 N–H and O–H groups in total. The highest BCUT2D eigenvalue weighted by Gasteiger charge is 2.22. The van der Waals surface area contributed by atoms with E-state index in [1.54, 1.807) is 6.92 Å². The molecular weight excluding hydrogens is 256 g/mol. The quantitative estimate of drug-likeness (QED) is 0.852. The lowest BCUT2D eigenvalue weighted by atomic mass is 10.2. The molecule has 0 radical (unpaired) electrons. The van der Waals surface area contributed by atoms with Gasteiger partial charge in [0.2, 0.25) is 0 Å². The van der Waals surface area contributed by atoms with Gasteiger partial charge in [0.15, 0.2) is 11.6 Å². The number of nitrogens with zero attached hydrogens (tertiary/aromatic N) is 1. The van der Waals surface area contributed by atoms with Gasteiger partial charge < -0.3 is 14.8 Å². The van der Waals surface area contributed by atoms with Crippen LogP contribution in [0.3, 0.4) is 0 Å². The van der Waals surface area contributed by atoms with Crippen molar-refractivity contribution >= 4 is 24.2 Å². The number of nitrogens with one attached hydrogen (secondary N) is 1. The molecule has 2 heterocycles. The van der Waals surface area contributed by atoms with Crippen molar-refractivity contribution < 1.29 is 14.3 Å². The van der Waals surface area contributed by atoms with Gasteiger partial charge in [-0.25, -0.2) is 4.98 Å². The van der Waals surface area contributed by atoms with Gasteiger partial charge in [0, 0.05) is 5.69 Å². The van der Waals surface area contributed by atoms with E-state index in [1.807, 2.05) is 19.1 Å². The van der Waals surface area contributed by atoms with Crippen LogP contribution in [0.2, 0.25) is 0 Å². The van der Waals surface area contributed by atoms with Crippen molar-refractivity contribution in [3.63, 3.8) is 0 Å². The van der Waals surface area contributed by atoms with Crippen LogP contribution in [0, 0.1) is 6.92 Å². The second-order valence-corrected chi connectivity index (χ2v) is 3.96. The Labute approximate surface area is 112 Å². The summed E-state index contributed by atoms with van der Waals surface area (Å²) in [6, 6.07) is 3.70. The average Bonchev–Trinajstić information content (AvgIpc) is 2.28. The Bertz CT molecular complexity index is 426. The third kappa shape index (κ3) is 3.50. The maximum atomic E-state index is 11.4. The second-order valence-electron chi connectivity index (χ2n) is 3.96. The third-order valence-corrected chi connectivity index (χ3v) is 2.50. The summed E-state index contributed by atoms with van der Waals surface area (Å²) in [5.74, 6) is 1.21. The van der Waals surface area contributed by atoms with Crippen LogP contribution in [-0.4, -0.2) is 30.2 Å². The highest BCUT2D eigenvalue weighted by molar-refractivity contribution is 5.85. The Morgan fingerprint density at radius 2 is 2.39 bits per heavy atom. The smallest absolute Gasteiger partial charge is 0.307 e. The van der Waals surface area contributed by atoms with Crippen molar-refractivity contribution in [2.24, 2.45) is 0 Å². The Hall–Kier alpha value is -1.49. The van der Waals surface area contributed by atoms with E-state index in [-0.39, 0.29) is 24.4 Å². The van der Waals surface area contributed by atoms with E-state index in [1.165, 1.54) is 0 Å². The molecule has 0 aliphatic carbocycles. The fraction of sp³-hybridized carbons (Fsp3) is 0.500. The molecule has 0 aromatic carbocycles. The molecule has 0 saturated heterocycles. The van der Waals surface area contributed by atoms with E-state index in [2.05, 4.69) is 10.3 Å². The zero-order valence-electron chi connectivity index (χ0n) is 10.4. The van der Waals surface area contributed by atoms with Crippen LogP contribution in [-0.2, 0) is 9.53 Å². The van der Waals surface area contributed by atoms with Gasteiger partial charge in [-0.3, -0.25) is 4.79 Å². The summed E-state index contributed by atoms with van der Waals surface area (Å²) in [4.78, 5) is 15.7. The van der Waals surface area contributed by atoms with Crippen molar-refractivity contribution in [2.75, 3.05) is 18.5 Å². The number of pyridine rings is 1. The monoisotopic (exact) mass is 272 g/mol. The van der Waals surface area contributed by atoms with Crippen LogP contribution < -0.4 is 10.1 Å². The predicted molar refractivity (Wildman–Crippen MR) is 70.4 cm³/mol. The molecule has 1 aliphatic rings. The summed E-state index contributed by atoms with van der Waals surface area (Å²) in [5.41, 5.74) is 0.914. The summed E-state index contributed by atoms with van der Waals surface area (Å²) < 4.78 is 10.4. The first-order valence-corrected chi connectivity index (χ1v) is 5.71. The molecule has 1 aromatic rings. The number of fused-ring (bicyclic) bond motifs is 1. The van der Waals surface area contributed by atoms with Crippen LogP contribution in [0.25, 0.3) is 0 Å². The molecule has 100 valence electrons. The standard InChI is InChI=1S/C12H16N2O3.ClH/c1-3-16-11(15)6-9-7-17-10-5-4-8(2)13-12(10)14-9;/h4-5,9H,3,6-7H2,1-2H3,(H,13,14);1H. The number of anilines is 1. The molecule has 0 spiro atoms. The number of aromatic nitrogens is 1. The fourth-order valence-corrected chi connectivity index (χ4v) is 1.72. The molecule has 1 aliphatic heterocycles. The second kappa shape index (κ2) is 6.44. The van der Waals surface area contributed by atoms with Crippen LogP contribution in [0.5, 0.6) is 5.75 Å². The maximum Gasteiger partial charge on any atom is 0.307 e. The molecule has 0 saturated carbocycles. The van der Waals surface area contributed by atoms with Crippen LogP contribution in [0.1, 0.15) is 19.0 Å². The van der Waals surface area contributed by atoms with Gasteiger partial charge in [-0.1, -0.05) is 0 Å². The first-order chi connectivity index (χ1) is 8.19. The zero-order valence-corrected chi connectivity index (χ0v) is 11.3. The van der Waals surface area contributed by atoms with E-state index in [4.69, 9.17) is 9.47 Å². The van der Waals surface area contributed by atoms with Crippen molar-refractivity contribution in [3.05, 3.63) is 17.8 Å². The molecule has 0 amide bonds. The molecule has 18 heavy (non-hydrogen) atoms. The van der Waals surface area contributed by atoms with Gasteiger partial charge in [0.1, 0.15) is 6.61 Å². The van der Waals surface area contributed by atoms with E-state index >= 15 is 0 Å². The van der Waals surface area contributed by atoms with Crippen molar-refractivity contribution in [2.45, 2.75) is 26.3 Å². The highest BCUT2D eigenvalue weighted by atomic mass is 35.5. The molecule has 1 aromatic heterocycles. The molecule has 1 atom stereocenters. The maximum absolute atomic E-state index is 11.4. The van der Waals surface area contributed by atoms with E-state index in [9.17, 15) is 4.79 Å². The number of rotatable bonds is 3. The first kappa shape index (κ1) is 14.6. The number of hydrogen-bond donors (Lipinski definition) is 1. The minimum Gasteiger partial charge on any atom is -0.488 e. The number of hydrogen-bond acceptors (Lipinski definition) is 5. The number of carbonyl (C=O) groups is 1. The van der Waals surface area contributed by atoms with Crippen LogP contribution in [0.15, 0.2) is 12.1 Å². The summed E-state index contributed by atoms with van der Waals surface area (Å²) in [5, 5.41) is 3.19. The van der Waals surface area contributed by atoms with Crippen LogP contribution >= 0.6 is 12.4 Å².